The first-order valence-electron chi connectivity index (χ1n) is 12.4. The Labute approximate surface area is 211 Å². The number of carbonyl (C=O) groups is 2. The average molecular weight is 521 g/mol. The van der Waals surface area contributed by atoms with Crippen LogP contribution in [0.4, 0.5) is 0 Å². The van der Waals surface area contributed by atoms with E-state index in [1.54, 1.807) is 13.8 Å². The van der Waals surface area contributed by atoms with E-state index in [1.165, 1.54) is 0 Å². The van der Waals surface area contributed by atoms with Crippen LogP contribution < -0.4 is 0 Å². The quantitative estimate of drug-likeness (QED) is 0.262. The summed E-state index contributed by atoms with van der Waals surface area (Å²) in [7, 11) is -0.534. The second-order valence-corrected chi connectivity index (χ2v) is 16.6. The Morgan fingerprint density at radius 3 is 2.03 bits per heavy atom. The molecular weight excluding hydrogens is 472 g/mol. The summed E-state index contributed by atoms with van der Waals surface area (Å²) in [5.41, 5.74) is -2.77. The molecule has 3 N–H and O–H groups in total. The minimum Gasteiger partial charge on any atom is -0.467 e. The third-order valence-electron chi connectivity index (χ3n) is 7.39. The third kappa shape index (κ3) is 7.49. The lowest BCUT2D eigenvalue weighted by Gasteiger charge is -2.42. The summed E-state index contributed by atoms with van der Waals surface area (Å²) in [6, 6.07) is 0. The van der Waals surface area contributed by atoms with Crippen LogP contribution in [-0.4, -0.2) is 79.2 Å². The van der Waals surface area contributed by atoms with Gasteiger partial charge in [-0.2, -0.15) is 0 Å². The van der Waals surface area contributed by atoms with Crippen molar-refractivity contribution < 1.29 is 43.5 Å². The Balaban J connectivity index is 3.63. The van der Waals surface area contributed by atoms with Crippen LogP contribution >= 0.6 is 0 Å². The van der Waals surface area contributed by atoms with Crippen molar-refractivity contribution in [3.05, 3.63) is 0 Å². The predicted octanol–water partition coefficient (Wildman–Crippen LogP) is 3.00. The molecule has 1 aliphatic heterocycles. The largest absolute Gasteiger partial charge is 0.467 e. The van der Waals surface area contributed by atoms with Crippen LogP contribution in [0.5, 0.6) is 0 Å². The molecule has 0 saturated carbocycles. The maximum absolute atomic E-state index is 12.9. The van der Waals surface area contributed by atoms with Crippen molar-refractivity contribution in [3.63, 3.8) is 0 Å². The topological polar surface area (TPSA) is 132 Å². The Bertz CT molecular complexity index is 731. The van der Waals surface area contributed by atoms with E-state index in [1.807, 2.05) is 26.9 Å². The van der Waals surface area contributed by atoms with Gasteiger partial charge in [-0.15, -0.1) is 0 Å². The third-order valence-corrected chi connectivity index (χ3v) is 10.9. The smallest absolute Gasteiger partial charge is 0.344 e. The number of carbonyl (C=O) groups excluding carboxylic acids is 2. The van der Waals surface area contributed by atoms with Crippen molar-refractivity contribution >= 4 is 20.3 Å². The van der Waals surface area contributed by atoms with Crippen molar-refractivity contribution in [2.24, 2.45) is 17.8 Å². The van der Waals surface area contributed by atoms with Gasteiger partial charge in [-0.05, 0) is 69.0 Å². The minimum atomic E-state index is -2.77. The van der Waals surface area contributed by atoms with Gasteiger partial charge in [0.05, 0.1) is 20.3 Å². The number of hydrogen-bond acceptors (Lipinski definition) is 9. The number of hydrogen-bond donors (Lipinski definition) is 3. The Morgan fingerprint density at radius 1 is 1.06 bits per heavy atom. The second kappa shape index (κ2) is 11.6. The second-order valence-electron chi connectivity index (χ2n) is 12.1. The molecule has 1 saturated heterocycles. The van der Waals surface area contributed by atoms with E-state index in [0.717, 1.165) is 20.6 Å². The number of ether oxygens (including phenoxy) is 4. The summed E-state index contributed by atoms with van der Waals surface area (Å²) in [5.74, 6) is -3.18. The molecule has 1 heterocycles. The lowest BCUT2D eigenvalue weighted by atomic mass is 9.76. The van der Waals surface area contributed by atoms with Crippen LogP contribution in [0.2, 0.25) is 18.1 Å². The fraction of sp³-hybridized carbons (Fsp3) is 0.920. The molecule has 0 aromatic carbocycles. The molecule has 35 heavy (non-hydrogen) atoms. The molecule has 6 atom stereocenters. The number of aliphatic hydroxyl groups is 2. The van der Waals surface area contributed by atoms with Gasteiger partial charge in [0.25, 0.3) is 0 Å². The van der Waals surface area contributed by atoms with E-state index >= 15 is 0 Å². The summed E-state index contributed by atoms with van der Waals surface area (Å²) < 4.78 is 21.7. The van der Waals surface area contributed by atoms with E-state index in [9.17, 15) is 24.6 Å². The SMILES string of the molecule is COC(=O)[C@@H](O)[C@@](O)(C(=O)OC)[C@@H]1OC(C)(C)O[C@H]1[C@H](CC(C)CC(C)C)CC(C)(C)[Si](C)(C)O. The highest BCUT2D eigenvalue weighted by Crippen LogP contribution is 2.49. The molecule has 10 heteroatoms. The Hall–Kier alpha value is -1.04. The zero-order chi connectivity index (χ0) is 27.6. The van der Waals surface area contributed by atoms with Crippen molar-refractivity contribution in [1.82, 2.24) is 0 Å². The fourth-order valence-corrected chi connectivity index (χ4v) is 5.73. The van der Waals surface area contributed by atoms with Gasteiger partial charge in [0, 0.05) is 0 Å². The lowest BCUT2D eigenvalue weighted by Crippen LogP contribution is -2.65. The highest BCUT2D eigenvalue weighted by atomic mass is 28.4. The highest BCUT2D eigenvalue weighted by molar-refractivity contribution is 6.72. The zero-order valence-electron chi connectivity index (χ0n) is 23.4. The van der Waals surface area contributed by atoms with E-state index in [4.69, 9.17) is 14.2 Å². The molecule has 206 valence electrons. The predicted molar refractivity (Wildman–Crippen MR) is 134 cm³/mol. The molecular formula is C25H48O9Si. The van der Waals surface area contributed by atoms with Gasteiger partial charge in [-0.1, -0.05) is 34.6 Å². The number of methoxy groups -OCH3 is 2. The van der Waals surface area contributed by atoms with Gasteiger partial charge in [-0.25, -0.2) is 9.59 Å². The maximum Gasteiger partial charge on any atom is 0.344 e. The first-order chi connectivity index (χ1) is 15.7. The van der Waals surface area contributed by atoms with Crippen LogP contribution in [0.1, 0.15) is 67.7 Å². The first kappa shape index (κ1) is 32.0. The molecule has 1 fully saturated rings. The van der Waals surface area contributed by atoms with E-state index < -0.39 is 55.0 Å². The van der Waals surface area contributed by atoms with Crippen molar-refractivity contribution in [2.75, 3.05) is 14.2 Å². The molecule has 0 aromatic heterocycles. The molecule has 0 spiro atoms. The summed E-state index contributed by atoms with van der Waals surface area (Å²) in [4.78, 5) is 36.1. The highest BCUT2D eigenvalue weighted by Gasteiger charge is 2.64. The molecule has 9 nitrogen and oxygen atoms in total. The number of esters is 2. The zero-order valence-corrected chi connectivity index (χ0v) is 24.4. The summed E-state index contributed by atoms with van der Waals surface area (Å²) in [5, 5.41) is 21.9. The molecule has 0 radical (unpaired) electrons. The number of aliphatic hydroxyl groups excluding tert-OH is 1. The summed E-state index contributed by atoms with van der Waals surface area (Å²) in [6.45, 7) is 17.5. The van der Waals surface area contributed by atoms with Gasteiger partial charge in [0.1, 0.15) is 6.10 Å². The molecule has 1 aliphatic rings. The maximum atomic E-state index is 12.9. The lowest BCUT2D eigenvalue weighted by molar-refractivity contribution is -0.217. The fourth-order valence-electron chi connectivity index (χ4n) is 4.97. The van der Waals surface area contributed by atoms with Crippen LogP contribution in [0.25, 0.3) is 0 Å². The molecule has 0 bridgehead atoms. The van der Waals surface area contributed by atoms with Gasteiger partial charge in [0.2, 0.25) is 5.60 Å². The van der Waals surface area contributed by atoms with E-state index in [0.29, 0.717) is 18.8 Å². The van der Waals surface area contributed by atoms with E-state index in [-0.39, 0.29) is 11.8 Å². The standard InChI is InChI=1S/C25H48O9Si/c1-15(2)12-16(3)13-17(14-23(4,5)35(10,11)30)18-20(34-24(6,7)33-18)25(29,22(28)32-9)19(26)21(27)31-8/h15-20,26,29-30H,12-14H2,1-11H3/t16?,17-,18+,19-,20-,25+/m1/s1. The van der Waals surface area contributed by atoms with Crippen molar-refractivity contribution in [2.45, 2.75) is 116 Å². The van der Waals surface area contributed by atoms with E-state index in [2.05, 4.69) is 25.5 Å². The monoisotopic (exact) mass is 520 g/mol. The normalized spacial score (nSPS) is 25.0. The average Bonchev–Trinajstić information content (AvgIpc) is 3.05. The molecule has 0 amide bonds. The Morgan fingerprint density at radius 2 is 1.60 bits per heavy atom. The van der Waals surface area contributed by atoms with Crippen LogP contribution in [0, 0.1) is 17.8 Å². The van der Waals surface area contributed by atoms with Gasteiger partial charge in [-0.3, -0.25) is 0 Å². The first-order valence-corrected chi connectivity index (χ1v) is 15.3. The summed E-state index contributed by atoms with van der Waals surface area (Å²) in [6.07, 6.45) is -2.41. The van der Waals surface area contributed by atoms with Gasteiger partial charge < -0.3 is 34.0 Å². The molecule has 0 aromatic rings. The number of rotatable bonds is 12. The molecule has 1 rings (SSSR count). The van der Waals surface area contributed by atoms with Crippen LogP contribution in [-0.2, 0) is 28.5 Å². The Kier molecular flexibility index (Phi) is 10.6. The van der Waals surface area contributed by atoms with Crippen LogP contribution in [0.3, 0.4) is 0 Å². The summed E-state index contributed by atoms with van der Waals surface area (Å²) >= 11 is 0. The van der Waals surface area contributed by atoms with Gasteiger partial charge >= 0.3 is 11.9 Å². The molecule has 1 unspecified atom stereocenters. The van der Waals surface area contributed by atoms with Crippen molar-refractivity contribution in [1.29, 1.82) is 0 Å². The van der Waals surface area contributed by atoms with Gasteiger partial charge in [0.15, 0.2) is 20.2 Å². The molecule has 0 aliphatic carbocycles. The van der Waals surface area contributed by atoms with Crippen LogP contribution in [0.15, 0.2) is 0 Å². The minimum absolute atomic E-state index is 0.268. The van der Waals surface area contributed by atoms with Crippen molar-refractivity contribution in [3.8, 4) is 0 Å².